The quantitative estimate of drug-likeness (QED) is 0.679. The van der Waals surface area contributed by atoms with Crippen LogP contribution >= 0.6 is 0 Å². The van der Waals surface area contributed by atoms with Crippen molar-refractivity contribution in [3.8, 4) is 0 Å². The molecule has 0 radical (unpaired) electrons. The third-order valence-electron chi connectivity index (χ3n) is 3.06. The van der Waals surface area contributed by atoms with Gasteiger partial charge in [0.1, 0.15) is 0 Å². The van der Waals surface area contributed by atoms with Crippen LogP contribution in [0.4, 0.5) is 0 Å². The Bertz CT molecular complexity index is 359. The summed E-state index contributed by atoms with van der Waals surface area (Å²) in [6.45, 7) is 8.55. The molecule has 1 rings (SSSR count). The van der Waals surface area contributed by atoms with Gasteiger partial charge in [-0.3, -0.25) is 0 Å². The van der Waals surface area contributed by atoms with Crippen molar-refractivity contribution >= 4 is 0 Å². The maximum absolute atomic E-state index is 9.97. The zero-order chi connectivity index (χ0) is 14.1. The van der Waals surface area contributed by atoms with Gasteiger partial charge in [0.2, 0.25) is 0 Å². The van der Waals surface area contributed by atoms with E-state index in [-0.39, 0.29) is 12.2 Å². The lowest BCUT2D eigenvalue weighted by molar-refractivity contribution is -0.000697. The minimum absolute atomic E-state index is 0.125. The number of ether oxygens (including phenoxy) is 1. The number of aliphatic hydroxyl groups excluding tert-OH is 1. The van der Waals surface area contributed by atoms with Crippen molar-refractivity contribution in [1.82, 2.24) is 0 Å². The highest BCUT2D eigenvalue weighted by molar-refractivity contribution is 5.13. The normalized spacial score (nSPS) is 14.1. The van der Waals surface area contributed by atoms with Crippen molar-refractivity contribution in [2.24, 2.45) is 0 Å². The van der Waals surface area contributed by atoms with Gasteiger partial charge in [0.25, 0.3) is 0 Å². The summed E-state index contributed by atoms with van der Waals surface area (Å²) < 4.78 is 5.93. The predicted octanol–water partition coefficient (Wildman–Crippen LogP) is 4.09. The van der Waals surface area contributed by atoms with Crippen molar-refractivity contribution in [2.75, 3.05) is 0 Å². The molecule has 1 aromatic rings. The Morgan fingerprint density at radius 2 is 2.00 bits per heavy atom. The lowest BCUT2D eigenvalue weighted by Crippen LogP contribution is -2.21. The first-order valence-corrected chi connectivity index (χ1v) is 7.09. The zero-order valence-corrected chi connectivity index (χ0v) is 12.1. The van der Waals surface area contributed by atoms with E-state index in [1.54, 1.807) is 0 Å². The topological polar surface area (TPSA) is 29.5 Å². The van der Waals surface area contributed by atoms with Crippen molar-refractivity contribution in [3.63, 3.8) is 0 Å². The minimum atomic E-state index is -0.343. The van der Waals surface area contributed by atoms with Crippen LogP contribution in [0, 0.1) is 0 Å². The molecule has 0 heterocycles. The molecule has 0 aliphatic rings. The summed E-state index contributed by atoms with van der Waals surface area (Å²) in [6.07, 6.45) is 3.19. The van der Waals surface area contributed by atoms with Gasteiger partial charge in [-0.1, -0.05) is 49.2 Å². The number of hydrogen-bond acceptors (Lipinski definition) is 2. The van der Waals surface area contributed by atoms with Crippen LogP contribution in [0.3, 0.4) is 0 Å². The largest absolute Gasteiger partial charge is 0.393 e. The van der Waals surface area contributed by atoms with Gasteiger partial charge in [0.15, 0.2) is 0 Å². The second-order valence-corrected chi connectivity index (χ2v) is 5.26. The van der Waals surface area contributed by atoms with Gasteiger partial charge < -0.3 is 9.84 Å². The van der Waals surface area contributed by atoms with Crippen LogP contribution in [0.5, 0.6) is 0 Å². The standard InChI is InChI=1S/C17H26O2/c1-4-8-17(12-16(18)11-14(2)3)19-13-15-9-6-5-7-10-15/h5-7,9-10,16-18H,2,4,8,11-13H2,1,3H3/t16-,17-/m1/s1. The highest BCUT2D eigenvalue weighted by Gasteiger charge is 2.14. The Balaban J connectivity index is 2.41. The van der Waals surface area contributed by atoms with Gasteiger partial charge in [-0.15, -0.1) is 6.58 Å². The molecule has 106 valence electrons. The summed E-state index contributed by atoms with van der Waals surface area (Å²) in [5, 5.41) is 9.97. The first-order chi connectivity index (χ1) is 9.11. The van der Waals surface area contributed by atoms with E-state index in [2.05, 4.69) is 25.6 Å². The summed E-state index contributed by atoms with van der Waals surface area (Å²) >= 11 is 0. The summed E-state index contributed by atoms with van der Waals surface area (Å²) in [6, 6.07) is 10.2. The minimum Gasteiger partial charge on any atom is -0.393 e. The van der Waals surface area contributed by atoms with Crippen LogP contribution in [-0.2, 0) is 11.3 Å². The van der Waals surface area contributed by atoms with Crippen LogP contribution in [-0.4, -0.2) is 17.3 Å². The average molecular weight is 262 g/mol. The molecule has 0 aliphatic heterocycles. The van der Waals surface area contributed by atoms with Gasteiger partial charge in [-0.05, 0) is 31.7 Å². The third kappa shape index (κ3) is 7.14. The third-order valence-corrected chi connectivity index (χ3v) is 3.06. The molecule has 1 N–H and O–H groups in total. The van der Waals surface area contributed by atoms with Crippen LogP contribution in [0.2, 0.25) is 0 Å². The molecule has 2 nitrogen and oxygen atoms in total. The number of benzene rings is 1. The lowest BCUT2D eigenvalue weighted by atomic mass is 10.0. The van der Waals surface area contributed by atoms with E-state index in [4.69, 9.17) is 4.74 Å². The highest BCUT2D eigenvalue weighted by Crippen LogP contribution is 2.16. The van der Waals surface area contributed by atoms with Crippen molar-refractivity contribution in [1.29, 1.82) is 0 Å². The van der Waals surface area contributed by atoms with Gasteiger partial charge in [-0.2, -0.15) is 0 Å². The maximum Gasteiger partial charge on any atom is 0.0720 e. The monoisotopic (exact) mass is 262 g/mol. The Morgan fingerprint density at radius 1 is 1.32 bits per heavy atom. The van der Waals surface area contributed by atoms with Crippen LogP contribution < -0.4 is 0 Å². The molecule has 2 heteroatoms. The lowest BCUT2D eigenvalue weighted by Gasteiger charge is -2.20. The Kier molecular flexibility index (Phi) is 7.46. The first kappa shape index (κ1) is 15.9. The fourth-order valence-corrected chi connectivity index (χ4v) is 2.17. The van der Waals surface area contributed by atoms with Gasteiger partial charge >= 0.3 is 0 Å². The van der Waals surface area contributed by atoms with Crippen LogP contribution in [0.1, 0.15) is 45.1 Å². The SMILES string of the molecule is C=C(C)C[C@@H](O)C[C@@H](CCC)OCc1ccccc1. The fraction of sp³-hybridized carbons (Fsp3) is 0.529. The molecular formula is C17H26O2. The predicted molar refractivity (Wildman–Crippen MR) is 80.0 cm³/mol. The Labute approximate surface area is 117 Å². The van der Waals surface area contributed by atoms with Crippen molar-refractivity contribution in [3.05, 3.63) is 48.0 Å². The molecule has 0 unspecified atom stereocenters. The molecule has 0 bridgehead atoms. The molecule has 0 fully saturated rings. The van der Waals surface area contributed by atoms with E-state index < -0.39 is 0 Å². The summed E-state index contributed by atoms with van der Waals surface area (Å²) in [5.41, 5.74) is 2.20. The van der Waals surface area contributed by atoms with E-state index in [1.807, 2.05) is 25.1 Å². The molecule has 1 aromatic carbocycles. The summed E-state index contributed by atoms with van der Waals surface area (Å²) in [4.78, 5) is 0. The first-order valence-electron chi connectivity index (χ1n) is 7.09. The van der Waals surface area contributed by atoms with E-state index in [1.165, 1.54) is 5.56 Å². The van der Waals surface area contributed by atoms with Crippen LogP contribution in [0.15, 0.2) is 42.5 Å². The summed E-state index contributed by atoms with van der Waals surface area (Å²) in [5.74, 6) is 0. The molecule has 19 heavy (non-hydrogen) atoms. The second-order valence-electron chi connectivity index (χ2n) is 5.26. The summed E-state index contributed by atoms with van der Waals surface area (Å²) in [7, 11) is 0. The molecule has 0 spiro atoms. The van der Waals surface area contributed by atoms with E-state index in [0.717, 1.165) is 18.4 Å². The van der Waals surface area contributed by atoms with Crippen molar-refractivity contribution in [2.45, 2.75) is 58.3 Å². The van der Waals surface area contributed by atoms with Gasteiger partial charge in [0, 0.05) is 0 Å². The number of rotatable bonds is 9. The van der Waals surface area contributed by atoms with E-state index >= 15 is 0 Å². The highest BCUT2D eigenvalue weighted by atomic mass is 16.5. The number of hydrogen-bond donors (Lipinski definition) is 1. The van der Waals surface area contributed by atoms with Gasteiger partial charge in [-0.25, -0.2) is 0 Å². The fourth-order valence-electron chi connectivity index (χ4n) is 2.17. The van der Waals surface area contributed by atoms with E-state index in [9.17, 15) is 5.11 Å². The van der Waals surface area contributed by atoms with Gasteiger partial charge in [0.05, 0.1) is 18.8 Å². The molecule has 0 aromatic heterocycles. The molecule has 2 atom stereocenters. The van der Waals surface area contributed by atoms with Crippen LogP contribution in [0.25, 0.3) is 0 Å². The second kappa shape index (κ2) is 8.89. The Morgan fingerprint density at radius 3 is 2.58 bits per heavy atom. The smallest absolute Gasteiger partial charge is 0.0720 e. The molecular weight excluding hydrogens is 236 g/mol. The molecule has 0 amide bonds. The number of aliphatic hydroxyl groups is 1. The van der Waals surface area contributed by atoms with Crippen molar-refractivity contribution < 1.29 is 9.84 Å². The molecule has 0 saturated heterocycles. The molecule has 0 aliphatic carbocycles. The maximum atomic E-state index is 9.97. The van der Waals surface area contributed by atoms with E-state index in [0.29, 0.717) is 19.4 Å². The molecule has 0 saturated carbocycles. The Hall–Kier alpha value is -1.12. The zero-order valence-electron chi connectivity index (χ0n) is 12.1. The average Bonchev–Trinajstić information content (AvgIpc) is 2.36.